The molecule has 0 saturated carbocycles. The number of hydrogen-bond donors (Lipinski definition) is 1. The maximum Gasteiger partial charge on any atom is 0.253 e. The van der Waals surface area contributed by atoms with Crippen molar-refractivity contribution >= 4 is 21.4 Å². The van der Waals surface area contributed by atoms with Crippen LogP contribution in [0.2, 0.25) is 0 Å². The lowest BCUT2D eigenvalue weighted by atomic mass is 10.2. The SMILES string of the molecule is N#Cc1ccccc1S(=O)(=O)c1ccc(CNC(=O)c2ccc3nccn3c2)cc1. The number of benzene rings is 2. The lowest BCUT2D eigenvalue weighted by Crippen LogP contribution is -2.23. The fourth-order valence-corrected chi connectivity index (χ4v) is 4.45. The highest BCUT2D eigenvalue weighted by Gasteiger charge is 2.21. The summed E-state index contributed by atoms with van der Waals surface area (Å²) in [4.78, 5) is 16.6. The number of hydrogen-bond acceptors (Lipinski definition) is 5. The summed E-state index contributed by atoms with van der Waals surface area (Å²) in [7, 11) is -3.81. The molecule has 0 fully saturated rings. The molecule has 2 heterocycles. The van der Waals surface area contributed by atoms with Crippen LogP contribution in [0.15, 0.2) is 89.0 Å². The minimum atomic E-state index is -3.81. The molecule has 0 radical (unpaired) electrons. The van der Waals surface area contributed by atoms with E-state index in [1.54, 1.807) is 59.4 Å². The Morgan fingerprint density at radius 3 is 2.60 bits per heavy atom. The van der Waals surface area contributed by atoms with Gasteiger partial charge in [-0.3, -0.25) is 4.79 Å². The molecule has 0 atom stereocenters. The van der Waals surface area contributed by atoms with E-state index in [2.05, 4.69) is 10.3 Å². The topological polar surface area (TPSA) is 104 Å². The van der Waals surface area contributed by atoms with Gasteiger partial charge in [0, 0.05) is 25.1 Å². The highest BCUT2D eigenvalue weighted by Crippen LogP contribution is 2.24. The molecule has 0 aliphatic heterocycles. The maximum atomic E-state index is 12.8. The zero-order chi connectivity index (χ0) is 21.1. The van der Waals surface area contributed by atoms with Gasteiger partial charge in [0.1, 0.15) is 11.7 Å². The predicted octanol–water partition coefficient (Wildman–Crippen LogP) is 2.97. The number of carbonyl (C=O) groups excluding carboxylic acids is 1. The van der Waals surface area contributed by atoms with Crippen LogP contribution in [0.5, 0.6) is 0 Å². The molecule has 4 aromatic rings. The standard InChI is InChI=1S/C22H16N4O3S/c23-13-17-3-1-2-4-20(17)30(28,29)19-8-5-16(6-9-19)14-25-22(27)18-7-10-21-24-11-12-26(21)15-18/h1-12,15H,14H2,(H,25,27). The van der Waals surface area contributed by atoms with Crippen molar-refractivity contribution in [3.8, 4) is 6.07 Å². The van der Waals surface area contributed by atoms with E-state index in [9.17, 15) is 18.5 Å². The van der Waals surface area contributed by atoms with Gasteiger partial charge in [-0.25, -0.2) is 13.4 Å². The van der Waals surface area contributed by atoms with Crippen molar-refractivity contribution in [2.45, 2.75) is 16.3 Å². The van der Waals surface area contributed by atoms with Crippen molar-refractivity contribution in [1.82, 2.24) is 14.7 Å². The van der Waals surface area contributed by atoms with Gasteiger partial charge < -0.3 is 9.72 Å². The largest absolute Gasteiger partial charge is 0.348 e. The lowest BCUT2D eigenvalue weighted by molar-refractivity contribution is 0.0950. The highest BCUT2D eigenvalue weighted by molar-refractivity contribution is 7.91. The van der Waals surface area contributed by atoms with E-state index in [0.717, 1.165) is 11.2 Å². The number of sulfone groups is 1. The van der Waals surface area contributed by atoms with Gasteiger partial charge in [-0.2, -0.15) is 5.26 Å². The van der Waals surface area contributed by atoms with Crippen LogP contribution in [-0.2, 0) is 16.4 Å². The van der Waals surface area contributed by atoms with Crippen LogP contribution < -0.4 is 5.32 Å². The van der Waals surface area contributed by atoms with Crippen LogP contribution in [0, 0.1) is 11.3 Å². The van der Waals surface area contributed by atoms with E-state index >= 15 is 0 Å². The van der Waals surface area contributed by atoms with Crippen LogP contribution in [0.25, 0.3) is 5.65 Å². The van der Waals surface area contributed by atoms with E-state index in [4.69, 9.17) is 0 Å². The fourth-order valence-electron chi connectivity index (χ4n) is 3.05. The number of aromatic nitrogens is 2. The van der Waals surface area contributed by atoms with Crippen LogP contribution in [0.3, 0.4) is 0 Å². The summed E-state index contributed by atoms with van der Waals surface area (Å²) in [6.07, 6.45) is 5.11. The summed E-state index contributed by atoms with van der Waals surface area (Å²) in [6.45, 7) is 0.246. The minimum Gasteiger partial charge on any atom is -0.348 e. The minimum absolute atomic E-state index is 0.0246. The maximum absolute atomic E-state index is 12.8. The molecule has 1 N–H and O–H groups in total. The summed E-state index contributed by atoms with van der Waals surface area (Å²) in [5.41, 5.74) is 2.09. The van der Waals surface area contributed by atoms with Gasteiger partial charge in [-0.1, -0.05) is 24.3 Å². The highest BCUT2D eigenvalue weighted by atomic mass is 32.2. The van der Waals surface area contributed by atoms with Crippen molar-refractivity contribution in [1.29, 1.82) is 5.26 Å². The van der Waals surface area contributed by atoms with Crippen LogP contribution in [0.4, 0.5) is 0 Å². The summed E-state index contributed by atoms with van der Waals surface area (Å²) in [5, 5.41) is 12.0. The molecule has 1 amide bonds. The molecule has 0 bridgehead atoms. The molecule has 2 aromatic heterocycles. The van der Waals surface area contributed by atoms with Crippen molar-refractivity contribution in [2.24, 2.45) is 0 Å². The van der Waals surface area contributed by atoms with Gasteiger partial charge in [-0.15, -0.1) is 0 Å². The third kappa shape index (κ3) is 3.66. The predicted molar refractivity (Wildman–Crippen MR) is 109 cm³/mol. The van der Waals surface area contributed by atoms with Crippen molar-refractivity contribution in [2.75, 3.05) is 0 Å². The molecule has 148 valence electrons. The number of carbonyl (C=O) groups is 1. The number of rotatable bonds is 5. The van der Waals surface area contributed by atoms with E-state index in [-0.39, 0.29) is 27.8 Å². The molecule has 8 heteroatoms. The first-order chi connectivity index (χ1) is 14.5. The molecule has 0 saturated heterocycles. The third-order valence-electron chi connectivity index (χ3n) is 4.63. The van der Waals surface area contributed by atoms with E-state index in [1.807, 2.05) is 6.07 Å². The molecule has 7 nitrogen and oxygen atoms in total. The van der Waals surface area contributed by atoms with E-state index in [0.29, 0.717) is 5.56 Å². The second kappa shape index (κ2) is 7.81. The number of pyridine rings is 1. The average molecular weight is 416 g/mol. The van der Waals surface area contributed by atoms with Gasteiger partial charge in [0.15, 0.2) is 0 Å². The summed E-state index contributed by atoms with van der Waals surface area (Å²) < 4.78 is 27.4. The Balaban J connectivity index is 1.48. The first-order valence-electron chi connectivity index (χ1n) is 9.03. The zero-order valence-electron chi connectivity index (χ0n) is 15.7. The van der Waals surface area contributed by atoms with Crippen LogP contribution >= 0.6 is 0 Å². The quantitative estimate of drug-likeness (QED) is 0.539. The third-order valence-corrected chi connectivity index (χ3v) is 6.46. The average Bonchev–Trinajstić information content (AvgIpc) is 3.25. The molecule has 0 spiro atoms. The van der Waals surface area contributed by atoms with Crippen molar-refractivity contribution in [3.05, 3.63) is 95.9 Å². The van der Waals surface area contributed by atoms with E-state index < -0.39 is 9.84 Å². The smallest absolute Gasteiger partial charge is 0.253 e. The number of amides is 1. The normalized spacial score (nSPS) is 11.2. The molecular weight excluding hydrogens is 400 g/mol. The molecule has 0 aliphatic rings. The number of nitriles is 1. The van der Waals surface area contributed by atoms with Gasteiger partial charge in [0.05, 0.1) is 20.9 Å². The van der Waals surface area contributed by atoms with E-state index in [1.165, 1.54) is 24.3 Å². The summed E-state index contributed by atoms with van der Waals surface area (Å²) >= 11 is 0. The first-order valence-corrected chi connectivity index (χ1v) is 10.5. The van der Waals surface area contributed by atoms with Crippen LogP contribution in [-0.4, -0.2) is 23.7 Å². The van der Waals surface area contributed by atoms with Crippen LogP contribution in [0.1, 0.15) is 21.5 Å². The Morgan fingerprint density at radius 1 is 1.07 bits per heavy atom. The van der Waals surface area contributed by atoms with Gasteiger partial charge in [0.2, 0.25) is 9.84 Å². The monoisotopic (exact) mass is 416 g/mol. The Kier molecular flexibility index (Phi) is 5.04. The Hall–Kier alpha value is -3.96. The Morgan fingerprint density at radius 2 is 1.83 bits per heavy atom. The van der Waals surface area contributed by atoms with Crippen molar-refractivity contribution in [3.63, 3.8) is 0 Å². The summed E-state index contributed by atoms with van der Waals surface area (Å²) in [6, 6.07) is 17.7. The van der Waals surface area contributed by atoms with Gasteiger partial charge in [-0.05, 0) is 42.0 Å². The second-order valence-electron chi connectivity index (χ2n) is 6.55. The molecule has 0 unspecified atom stereocenters. The number of fused-ring (bicyclic) bond motifs is 1. The van der Waals surface area contributed by atoms with Gasteiger partial charge in [0.25, 0.3) is 5.91 Å². The Bertz CT molecular complexity index is 1380. The number of nitrogens with zero attached hydrogens (tertiary/aromatic N) is 3. The molecule has 2 aromatic carbocycles. The zero-order valence-corrected chi connectivity index (χ0v) is 16.5. The molecular formula is C22H16N4O3S. The fraction of sp³-hybridized carbons (Fsp3) is 0.0455. The lowest BCUT2D eigenvalue weighted by Gasteiger charge is -2.09. The number of nitrogens with one attached hydrogen (secondary N) is 1. The summed E-state index contributed by atoms with van der Waals surface area (Å²) in [5.74, 6) is -0.245. The van der Waals surface area contributed by atoms with Gasteiger partial charge >= 0.3 is 0 Å². The van der Waals surface area contributed by atoms with Crippen molar-refractivity contribution < 1.29 is 13.2 Å². The Labute approximate surface area is 173 Å². The first kappa shape index (κ1) is 19.4. The second-order valence-corrected chi connectivity index (χ2v) is 8.47. The molecule has 0 aliphatic carbocycles. The number of imidazole rings is 1. The molecule has 30 heavy (non-hydrogen) atoms. The molecule has 4 rings (SSSR count).